The van der Waals surface area contributed by atoms with Gasteiger partial charge < -0.3 is 14.9 Å². The van der Waals surface area contributed by atoms with Gasteiger partial charge in [0.05, 0.1) is 12.7 Å². The molecule has 120 valence electrons. The third-order valence-corrected chi connectivity index (χ3v) is 5.01. The number of esters is 1. The molecule has 0 amide bonds. The number of ether oxygens (including phenoxy) is 1. The summed E-state index contributed by atoms with van der Waals surface area (Å²) < 4.78 is 36.6. The van der Waals surface area contributed by atoms with E-state index in [9.17, 15) is 13.2 Å². The first-order chi connectivity index (χ1) is 9.42. The van der Waals surface area contributed by atoms with Crippen LogP contribution in [0, 0.1) is 0 Å². The van der Waals surface area contributed by atoms with E-state index in [2.05, 4.69) is 9.46 Å². The summed E-state index contributed by atoms with van der Waals surface area (Å²) in [7, 11) is -2.63. The summed E-state index contributed by atoms with van der Waals surface area (Å²) in [6.45, 7) is 0.233. The highest BCUT2D eigenvalue weighted by Gasteiger charge is 2.38. The standard InChI is InChI=1S/C12H18N2O5S.ClH/c1-18-11(15)9-6-10(19-7-9)20(16,17)14-12(8-13)4-2-3-5-12;/h6-7,14H,2-5,8,13H2,1H3;1H. The Morgan fingerprint density at radius 3 is 2.62 bits per heavy atom. The Balaban J connectivity index is 0.00000220. The molecule has 0 aromatic carbocycles. The van der Waals surface area contributed by atoms with Crippen molar-refractivity contribution in [3.63, 3.8) is 0 Å². The Morgan fingerprint density at radius 1 is 1.48 bits per heavy atom. The molecule has 1 fully saturated rings. The van der Waals surface area contributed by atoms with Gasteiger partial charge >= 0.3 is 5.97 Å². The number of furan rings is 1. The van der Waals surface area contributed by atoms with Gasteiger partial charge in [-0.3, -0.25) is 0 Å². The first-order valence-electron chi connectivity index (χ1n) is 6.33. The highest BCUT2D eigenvalue weighted by molar-refractivity contribution is 7.89. The fourth-order valence-electron chi connectivity index (χ4n) is 2.42. The minimum atomic E-state index is -3.84. The van der Waals surface area contributed by atoms with Gasteiger partial charge in [0.2, 0.25) is 5.09 Å². The maximum atomic E-state index is 12.3. The first kappa shape index (κ1) is 18.0. The maximum Gasteiger partial charge on any atom is 0.341 e. The number of hydrogen-bond donors (Lipinski definition) is 2. The third kappa shape index (κ3) is 3.76. The Labute approximate surface area is 129 Å². The van der Waals surface area contributed by atoms with Crippen molar-refractivity contribution >= 4 is 28.4 Å². The number of hydrogen-bond acceptors (Lipinski definition) is 6. The van der Waals surface area contributed by atoms with Crippen LogP contribution in [0.5, 0.6) is 0 Å². The smallest absolute Gasteiger partial charge is 0.341 e. The summed E-state index contributed by atoms with van der Waals surface area (Å²) in [5.74, 6) is -0.649. The van der Waals surface area contributed by atoms with Crippen LogP contribution in [-0.2, 0) is 14.8 Å². The molecular weight excluding hydrogens is 320 g/mol. The molecule has 1 aromatic rings. The molecule has 0 bridgehead atoms. The molecule has 0 atom stereocenters. The number of methoxy groups -OCH3 is 1. The van der Waals surface area contributed by atoms with E-state index in [0.29, 0.717) is 12.8 Å². The van der Waals surface area contributed by atoms with Crippen LogP contribution >= 0.6 is 12.4 Å². The third-order valence-electron chi connectivity index (χ3n) is 3.56. The molecule has 1 aliphatic carbocycles. The van der Waals surface area contributed by atoms with Gasteiger partial charge in [0.25, 0.3) is 10.0 Å². The highest BCUT2D eigenvalue weighted by Crippen LogP contribution is 2.30. The van der Waals surface area contributed by atoms with Gasteiger partial charge in [-0.2, -0.15) is 0 Å². The van der Waals surface area contributed by atoms with Crippen molar-refractivity contribution in [2.24, 2.45) is 5.73 Å². The van der Waals surface area contributed by atoms with Crippen molar-refractivity contribution in [3.05, 3.63) is 17.9 Å². The lowest BCUT2D eigenvalue weighted by molar-refractivity contribution is 0.0600. The number of nitrogens with one attached hydrogen (secondary N) is 1. The molecule has 3 N–H and O–H groups in total. The van der Waals surface area contributed by atoms with Gasteiger partial charge in [-0.05, 0) is 12.8 Å². The van der Waals surface area contributed by atoms with E-state index < -0.39 is 21.5 Å². The van der Waals surface area contributed by atoms with Gasteiger partial charge in [0.1, 0.15) is 6.26 Å². The van der Waals surface area contributed by atoms with Crippen molar-refractivity contribution in [1.29, 1.82) is 0 Å². The molecule has 0 spiro atoms. The zero-order valence-electron chi connectivity index (χ0n) is 11.6. The van der Waals surface area contributed by atoms with E-state index in [0.717, 1.165) is 25.2 Å². The Kier molecular flexibility index (Phi) is 5.80. The SMILES string of the molecule is COC(=O)c1coc(S(=O)(=O)NC2(CN)CCCC2)c1.Cl. The van der Waals surface area contributed by atoms with E-state index in [4.69, 9.17) is 10.2 Å². The minimum absolute atomic E-state index is 0. The predicted octanol–water partition coefficient (Wildman–Crippen LogP) is 1.04. The van der Waals surface area contributed by atoms with Gasteiger partial charge in [0, 0.05) is 18.2 Å². The minimum Gasteiger partial charge on any atom is -0.465 e. The summed E-state index contributed by atoms with van der Waals surface area (Å²) in [5, 5.41) is -0.308. The number of rotatable bonds is 5. The van der Waals surface area contributed by atoms with Crippen LogP contribution in [0.4, 0.5) is 0 Å². The molecule has 9 heteroatoms. The average Bonchev–Trinajstić information content (AvgIpc) is 3.07. The van der Waals surface area contributed by atoms with Crippen molar-refractivity contribution in [3.8, 4) is 0 Å². The van der Waals surface area contributed by atoms with E-state index >= 15 is 0 Å². The fourth-order valence-corrected chi connectivity index (χ4v) is 3.83. The topological polar surface area (TPSA) is 112 Å². The monoisotopic (exact) mass is 338 g/mol. The number of nitrogens with two attached hydrogens (primary N) is 1. The maximum absolute atomic E-state index is 12.3. The fraction of sp³-hybridized carbons (Fsp3) is 0.583. The lowest BCUT2D eigenvalue weighted by Gasteiger charge is -2.27. The number of sulfonamides is 1. The van der Waals surface area contributed by atoms with E-state index in [1.807, 2.05) is 0 Å². The Bertz CT molecular complexity index is 593. The van der Waals surface area contributed by atoms with Crippen LogP contribution in [0.2, 0.25) is 0 Å². The first-order valence-corrected chi connectivity index (χ1v) is 7.82. The second-order valence-corrected chi connectivity index (χ2v) is 6.56. The zero-order valence-corrected chi connectivity index (χ0v) is 13.3. The molecule has 0 aliphatic heterocycles. The normalized spacial score (nSPS) is 17.2. The molecular formula is C12H19ClN2O5S. The van der Waals surface area contributed by atoms with Gasteiger partial charge in [-0.1, -0.05) is 12.8 Å². The van der Waals surface area contributed by atoms with Crippen LogP contribution in [0.25, 0.3) is 0 Å². The number of carbonyl (C=O) groups is 1. The molecule has 21 heavy (non-hydrogen) atoms. The lowest BCUT2D eigenvalue weighted by Crippen LogP contribution is -2.51. The van der Waals surface area contributed by atoms with Crippen LogP contribution in [0.3, 0.4) is 0 Å². The molecule has 0 radical (unpaired) electrons. The van der Waals surface area contributed by atoms with Gasteiger partial charge in [0.15, 0.2) is 0 Å². The molecule has 0 unspecified atom stereocenters. The lowest BCUT2D eigenvalue weighted by atomic mass is 10.0. The average molecular weight is 339 g/mol. The second kappa shape index (κ2) is 6.78. The predicted molar refractivity (Wildman–Crippen MR) is 77.9 cm³/mol. The molecule has 1 saturated carbocycles. The molecule has 1 heterocycles. The van der Waals surface area contributed by atoms with Crippen molar-refractivity contribution in [2.45, 2.75) is 36.3 Å². The molecule has 1 aliphatic rings. The van der Waals surface area contributed by atoms with Crippen molar-refractivity contribution < 1.29 is 22.4 Å². The summed E-state index contributed by atoms with van der Waals surface area (Å²) in [6, 6.07) is 1.15. The molecule has 1 aromatic heterocycles. The van der Waals surface area contributed by atoms with E-state index in [1.165, 1.54) is 7.11 Å². The summed E-state index contributed by atoms with van der Waals surface area (Å²) in [5.41, 5.74) is 5.14. The molecule has 7 nitrogen and oxygen atoms in total. The van der Waals surface area contributed by atoms with E-state index in [-0.39, 0.29) is 29.6 Å². The van der Waals surface area contributed by atoms with Crippen LogP contribution < -0.4 is 10.5 Å². The van der Waals surface area contributed by atoms with Crippen LogP contribution in [-0.4, -0.2) is 33.6 Å². The summed E-state index contributed by atoms with van der Waals surface area (Å²) in [4.78, 5) is 11.3. The number of carbonyl (C=O) groups excluding carboxylic acids is 1. The summed E-state index contributed by atoms with van der Waals surface area (Å²) in [6.07, 6.45) is 4.33. The highest BCUT2D eigenvalue weighted by atomic mass is 35.5. The van der Waals surface area contributed by atoms with E-state index in [1.54, 1.807) is 0 Å². The number of halogens is 1. The molecule has 2 rings (SSSR count). The Hall–Kier alpha value is -1.09. The van der Waals surface area contributed by atoms with Crippen molar-refractivity contribution in [2.75, 3.05) is 13.7 Å². The largest absolute Gasteiger partial charge is 0.465 e. The second-order valence-electron chi connectivity index (χ2n) is 4.94. The van der Waals surface area contributed by atoms with Crippen LogP contribution in [0.15, 0.2) is 21.8 Å². The summed E-state index contributed by atoms with van der Waals surface area (Å²) >= 11 is 0. The quantitative estimate of drug-likeness (QED) is 0.776. The van der Waals surface area contributed by atoms with Crippen molar-refractivity contribution in [1.82, 2.24) is 4.72 Å². The van der Waals surface area contributed by atoms with Gasteiger partial charge in [-0.25, -0.2) is 17.9 Å². The molecule has 0 saturated heterocycles. The van der Waals surface area contributed by atoms with Crippen LogP contribution in [0.1, 0.15) is 36.0 Å². The van der Waals surface area contributed by atoms with Gasteiger partial charge in [-0.15, -0.1) is 12.4 Å². The zero-order chi connectivity index (χ0) is 14.8. The Morgan fingerprint density at radius 2 is 2.10 bits per heavy atom.